The maximum atomic E-state index is 10.6. The van der Waals surface area contributed by atoms with Crippen molar-refractivity contribution in [3.8, 4) is 11.5 Å². The van der Waals surface area contributed by atoms with Crippen molar-refractivity contribution in [2.45, 2.75) is 39.2 Å². The number of ether oxygens (including phenoxy) is 2. The maximum Gasteiger partial charge on any atom is 0.404 e. The highest BCUT2D eigenvalue weighted by molar-refractivity contribution is 5.64. The molecule has 0 aliphatic rings. The van der Waals surface area contributed by atoms with Crippen LogP contribution in [0.2, 0.25) is 0 Å². The van der Waals surface area contributed by atoms with Gasteiger partial charge in [-0.2, -0.15) is 0 Å². The number of carbonyl (C=O) groups is 1. The minimum atomic E-state index is -1.02. The Labute approximate surface area is 119 Å². The van der Waals surface area contributed by atoms with Crippen LogP contribution in [0.25, 0.3) is 0 Å². The second kappa shape index (κ2) is 7.62. The quantitative estimate of drug-likeness (QED) is 0.806. The predicted molar refractivity (Wildman–Crippen MR) is 77.9 cm³/mol. The third-order valence-electron chi connectivity index (χ3n) is 3.10. The summed E-state index contributed by atoms with van der Waals surface area (Å²) in [5.74, 6) is 1.60. The van der Waals surface area contributed by atoms with Crippen molar-refractivity contribution in [3.63, 3.8) is 0 Å². The first-order valence-electron chi connectivity index (χ1n) is 6.75. The summed E-state index contributed by atoms with van der Waals surface area (Å²) in [5.41, 5.74) is 2.04. The van der Waals surface area contributed by atoms with Crippen LogP contribution in [0.4, 0.5) is 4.79 Å². The summed E-state index contributed by atoms with van der Waals surface area (Å²) in [5, 5.41) is 11.2. The van der Waals surface area contributed by atoms with Crippen molar-refractivity contribution in [1.29, 1.82) is 0 Å². The number of methoxy groups -OCH3 is 2. The summed E-state index contributed by atoms with van der Waals surface area (Å²) in [4.78, 5) is 10.6. The molecule has 1 unspecified atom stereocenters. The standard InChI is InChI=1S/C15H23NO4/c1-5-6-11-8-14(20-4)12(9-13(11)19-3)7-10(2)16-15(17)18/h8-10,16H,5-7H2,1-4H3,(H,17,18). The zero-order valence-electron chi connectivity index (χ0n) is 12.5. The van der Waals surface area contributed by atoms with Crippen LogP contribution >= 0.6 is 0 Å². The van der Waals surface area contributed by atoms with Gasteiger partial charge in [0.15, 0.2) is 0 Å². The molecule has 0 spiro atoms. The summed E-state index contributed by atoms with van der Waals surface area (Å²) in [6.07, 6.45) is 1.47. The normalized spacial score (nSPS) is 11.8. The zero-order chi connectivity index (χ0) is 15.1. The first-order chi connectivity index (χ1) is 9.51. The second-order valence-electron chi connectivity index (χ2n) is 4.78. The van der Waals surface area contributed by atoms with Crippen LogP contribution in [0.3, 0.4) is 0 Å². The molecule has 1 aromatic carbocycles. The molecule has 0 fully saturated rings. The van der Waals surface area contributed by atoms with Crippen LogP contribution < -0.4 is 14.8 Å². The van der Waals surface area contributed by atoms with Gasteiger partial charge >= 0.3 is 6.09 Å². The fraction of sp³-hybridized carbons (Fsp3) is 0.533. The first kappa shape index (κ1) is 16.1. The molecule has 0 saturated heterocycles. The molecule has 0 bridgehead atoms. The molecule has 0 heterocycles. The van der Waals surface area contributed by atoms with Crippen LogP contribution in [0.5, 0.6) is 11.5 Å². The van der Waals surface area contributed by atoms with Gasteiger partial charge in [-0.1, -0.05) is 13.3 Å². The molecule has 0 aliphatic heterocycles. The Morgan fingerprint density at radius 1 is 1.25 bits per heavy atom. The fourth-order valence-electron chi connectivity index (χ4n) is 2.24. The minimum absolute atomic E-state index is 0.192. The van der Waals surface area contributed by atoms with Gasteiger partial charge in [0, 0.05) is 6.04 Å². The Morgan fingerprint density at radius 2 is 1.80 bits per heavy atom. The largest absolute Gasteiger partial charge is 0.496 e. The summed E-state index contributed by atoms with van der Waals surface area (Å²) in [6.45, 7) is 3.93. The smallest absolute Gasteiger partial charge is 0.404 e. The van der Waals surface area contributed by atoms with E-state index in [0.717, 1.165) is 35.5 Å². The fourth-order valence-corrected chi connectivity index (χ4v) is 2.24. The molecule has 1 rings (SSSR count). The average Bonchev–Trinajstić information content (AvgIpc) is 2.39. The summed E-state index contributed by atoms with van der Waals surface area (Å²) >= 11 is 0. The van der Waals surface area contributed by atoms with Crippen molar-refractivity contribution < 1.29 is 19.4 Å². The molecule has 1 atom stereocenters. The van der Waals surface area contributed by atoms with E-state index in [1.54, 1.807) is 14.2 Å². The van der Waals surface area contributed by atoms with Gasteiger partial charge in [0.2, 0.25) is 0 Å². The lowest BCUT2D eigenvalue weighted by Gasteiger charge is -2.17. The van der Waals surface area contributed by atoms with Crippen LogP contribution in [0.15, 0.2) is 12.1 Å². The van der Waals surface area contributed by atoms with Crippen molar-refractivity contribution in [2.75, 3.05) is 14.2 Å². The van der Waals surface area contributed by atoms with E-state index in [4.69, 9.17) is 14.6 Å². The molecule has 1 amide bonds. The van der Waals surface area contributed by atoms with E-state index < -0.39 is 6.09 Å². The van der Waals surface area contributed by atoms with E-state index in [0.29, 0.717) is 6.42 Å². The number of benzene rings is 1. The lowest BCUT2D eigenvalue weighted by atomic mass is 10.0. The van der Waals surface area contributed by atoms with Crippen LogP contribution in [-0.2, 0) is 12.8 Å². The van der Waals surface area contributed by atoms with E-state index in [9.17, 15) is 4.79 Å². The SMILES string of the molecule is CCCc1cc(OC)c(CC(C)NC(=O)O)cc1OC. The van der Waals surface area contributed by atoms with E-state index >= 15 is 0 Å². The third kappa shape index (κ3) is 4.33. The van der Waals surface area contributed by atoms with E-state index in [1.807, 2.05) is 19.1 Å². The van der Waals surface area contributed by atoms with Gasteiger partial charge < -0.3 is 19.9 Å². The number of hydrogen-bond donors (Lipinski definition) is 2. The average molecular weight is 281 g/mol. The molecule has 0 radical (unpaired) electrons. The van der Waals surface area contributed by atoms with Crippen molar-refractivity contribution in [1.82, 2.24) is 5.32 Å². The van der Waals surface area contributed by atoms with Crippen molar-refractivity contribution in [2.24, 2.45) is 0 Å². The predicted octanol–water partition coefficient (Wildman–Crippen LogP) is 2.85. The Hall–Kier alpha value is -1.91. The number of aryl methyl sites for hydroxylation is 1. The lowest BCUT2D eigenvalue weighted by Crippen LogP contribution is -2.32. The maximum absolute atomic E-state index is 10.6. The Kier molecular flexibility index (Phi) is 6.15. The minimum Gasteiger partial charge on any atom is -0.496 e. The molecule has 1 aromatic rings. The van der Waals surface area contributed by atoms with Crippen LogP contribution in [0, 0.1) is 0 Å². The highest BCUT2D eigenvalue weighted by atomic mass is 16.5. The van der Waals surface area contributed by atoms with Gasteiger partial charge in [0.1, 0.15) is 11.5 Å². The molecule has 0 saturated carbocycles. The number of nitrogens with one attached hydrogen (secondary N) is 1. The topological polar surface area (TPSA) is 67.8 Å². The molecule has 20 heavy (non-hydrogen) atoms. The van der Waals surface area contributed by atoms with Crippen LogP contribution in [-0.4, -0.2) is 31.5 Å². The van der Waals surface area contributed by atoms with E-state index in [2.05, 4.69) is 12.2 Å². The Bertz CT molecular complexity index is 459. The number of hydrogen-bond acceptors (Lipinski definition) is 3. The highest BCUT2D eigenvalue weighted by Crippen LogP contribution is 2.30. The van der Waals surface area contributed by atoms with Gasteiger partial charge in [-0.25, -0.2) is 4.79 Å². The van der Waals surface area contributed by atoms with Gasteiger partial charge in [0.25, 0.3) is 0 Å². The van der Waals surface area contributed by atoms with Gasteiger partial charge in [-0.15, -0.1) is 0 Å². The third-order valence-corrected chi connectivity index (χ3v) is 3.10. The van der Waals surface area contributed by atoms with Gasteiger partial charge in [-0.05, 0) is 43.0 Å². The van der Waals surface area contributed by atoms with Gasteiger partial charge in [0.05, 0.1) is 14.2 Å². The second-order valence-corrected chi connectivity index (χ2v) is 4.78. The lowest BCUT2D eigenvalue weighted by molar-refractivity contribution is 0.190. The molecule has 2 N–H and O–H groups in total. The Morgan fingerprint density at radius 3 is 2.30 bits per heavy atom. The number of amides is 1. The molecule has 5 nitrogen and oxygen atoms in total. The Balaban J connectivity index is 3.02. The molecular formula is C15H23NO4. The highest BCUT2D eigenvalue weighted by Gasteiger charge is 2.14. The first-order valence-corrected chi connectivity index (χ1v) is 6.75. The number of rotatable bonds is 7. The number of carboxylic acid groups (broad SMARTS) is 1. The van der Waals surface area contributed by atoms with E-state index in [1.165, 1.54) is 0 Å². The van der Waals surface area contributed by atoms with Crippen molar-refractivity contribution >= 4 is 6.09 Å². The summed E-state index contributed by atoms with van der Waals surface area (Å²) in [6, 6.07) is 3.72. The molecule has 0 aliphatic carbocycles. The summed E-state index contributed by atoms with van der Waals surface area (Å²) < 4.78 is 10.8. The zero-order valence-corrected chi connectivity index (χ0v) is 12.5. The van der Waals surface area contributed by atoms with E-state index in [-0.39, 0.29) is 6.04 Å². The van der Waals surface area contributed by atoms with Crippen LogP contribution in [0.1, 0.15) is 31.4 Å². The molecule has 112 valence electrons. The monoisotopic (exact) mass is 281 g/mol. The van der Waals surface area contributed by atoms with Crippen molar-refractivity contribution in [3.05, 3.63) is 23.3 Å². The molecular weight excluding hydrogens is 258 g/mol. The molecule has 5 heteroatoms. The summed E-state index contributed by atoms with van der Waals surface area (Å²) in [7, 11) is 3.26. The van der Waals surface area contributed by atoms with Gasteiger partial charge in [-0.3, -0.25) is 0 Å². The molecule has 0 aromatic heterocycles.